The molecule has 0 aliphatic carbocycles. The smallest absolute Gasteiger partial charge is 0.106 e. The van der Waals surface area contributed by atoms with Gasteiger partial charge in [0, 0.05) is 42.8 Å². The Morgan fingerprint density at radius 3 is 2.65 bits per heavy atom. The van der Waals surface area contributed by atoms with Crippen molar-refractivity contribution in [2.45, 2.75) is 44.2 Å². The summed E-state index contributed by atoms with van der Waals surface area (Å²) in [5.41, 5.74) is 2.38. The lowest BCUT2D eigenvalue weighted by atomic mass is 10.2. The van der Waals surface area contributed by atoms with E-state index in [2.05, 4.69) is 52.3 Å². The van der Waals surface area contributed by atoms with Crippen LogP contribution in [0.2, 0.25) is 0 Å². The van der Waals surface area contributed by atoms with Gasteiger partial charge >= 0.3 is 0 Å². The lowest BCUT2D eigenvalue weighted by molar-refractivity contribution is 0.183. The van der Waals surface area contributed by atoms with Gasteiger partial charge in [-0.25, -0.2) is 4.98 Å². The lowest BCUT2D eigenvalue weighted by Crippen LogP contribution is -2.26. The minimum atomic E-state index is 0.166. The van der Waals surface area contributed by atoms with Crippen molar-refractivity contribution in [3.8, 4) is 0 Å². The molecule has 1 heterocycles. The number of nitrogens with one attached hydrogen (secondary N) is 1. The minimum absolute atomic E-state index is 0.166. The average Bonchev–Trinajstić information content (AvgIpc) is 3.01. The number of hydrogen-bond acceptors (Lipinski definition) is 4. The van der Waals surface area contributed by atoms with E-state index in [0.29, 0.717) is 6.54 Å². The molecule has 0 aliphatic rings. The van der Waals surface area contributed by atoms with Crippen molar-refractivity contribution in [3.05, 3.63) is 47.5 Å². The highest BCUT2D eigenvalue weighted by molar-refractivity contribution is 7.98. The minimum Gasteiger partial charge on any atom is -0.395 e. The Balaban J connectivity index is 1.95. The van der Waals surface area contributed by atoms with Gasteiger partial charge in [-0.15, -0.1) is 11.8 Å². The number of nitrogens with zero attached hydrogens (tertiary/aromatic N) is 2. The number of benzene rings is 1. The van der Waals surface area contributed by atoms with E-state index in [4.69, 9.17) is 0 Å². The summed E-state index contributed by atoms with van der Waals surface area (Å²) in [5, 5.41) is 9.33. The van der Waals surface area contributed by atoms with E-state index in [-0.39, 0.29) is 6.61 Å². The van der Waals surface area contributed by atoms with E-state index in [1.165, 1.54) is 16.9 Å². The van der Waals surface area contributed by atoms with Gasteiger partial charge in [0.05, 0.1) is 6.61 Å². The third-order valence-electron chi connectivity index (χ3n) is 3.82. The summed E-state index contributed by atoms with van der Waals surface area (Å²) >= 11 is 1.75. The van der Waals surface area contributed by atoms with E-state index in [1.807, 2.05) is 6.20 Å². The van der Waals surface area contributed by atoms with Gasteiger partial charge < -0.3 is 10.1 Å². The van der Waals surface area contributed by atoms with Crippen molar-refractivity contribution >= 4 is 11.8 Å². The molecule has 2 aromatic rings. The fraction of sp³-hybridized carbons (Fsp3) is 0.500. The van der Waals surface area contributed by atoms with Crippen LogP contribution in [0.25, 0.3) is 0 Å². The quantitative estimate of drug-likeness (QED) is 0.654. The van der Waals surface area contributed by atoms with Crippen LogP contribution in [0.3, 0.4) is 0 Å². The molecule has 0 saturated heterocycles. The zero-order valence-electron chi connectivity index (χ0n) is 14.1. The molecular formula is C18H27N3OS. The molecule has 1 aromatic heterocycles. The van der Waals surface area contributed by atoms with Gasteiger partial charge in [0.1, 0.15) is 5.82 Å². The molecule has 5 heteroatoms. The Hall–Kier alpha value is -1.30. The van der Waals surface area contributed by atoms with Crippen molar-refractivity contribution in [1.82, 2.24) is 14.9 Å². The summed E-state index contributed by atoms with van der Waals surface area (Å²) in [6.45, 7) is 4.63. The van der Waals surface area contributed by atoms with E-state index in [1.54, 1.807) is 11.8 Å². The van der Waals surface area contributed by atoms with Crippen LogP contribution in [0, 0.1) is 0 Å². The molecule has 0 bridgehead atoms. The topological polar surface area (TPSA) is 52.1 Å². The van der Waals surface area contributed by atoms with Gasteiger partial charge in [-0.3, -0.25) is 4.90 Å². The Labute approximate surface area is 143 Å². The SMILES string of the molecule is CCCCc1ncc(CN(CCO)Cc2ccc(SC)cc2)[nH]1. The first-order valence-corrected chi connectivity index (χ1v) is 9.46. The predicted molar refractivity (Wildman–Crippen MR) is 96.6 cm³/mol. The molecular weight excluding hydrogens is 306 g/mol. The van der Waals surface area contributed by atoms with Crippen molar-refractivity contribution < 1.29 is 5.11 Å². The molecule has 0 atom stereocenters. The highest BCUT2D eigenvalue weighted by atomic mass is 32.2. The van der Waals surface area contributed by atoms with Gasteiger partial charge in [0.25, 0.3) is 0 Å². The summed E-state index contributed by atoms with van der Waals surface area (Å²) < 4.78 is 0. The van der Waals surface area contributed by atoms with E-state index in [0.717, 1.165) is 37.4 Å². The molecule has 0 radical (unpaired) electrons. The highest BCUT2D eigenvalue weighted by Crippen LogP contribution is 2.16. The lowest BCUT2D eigenvalue weighted by Gasteiger charge is -2.20. The van der Waals surface area contributed by atoms with Gasteiger partial charge in [-0.2, -0.15) is 0 Å². The molecule has 23 heavy (non-hydrogen) atoms. The predicted octanol–water partition coefficient (Wildman–Crippen LogP) is 3.47. The Bertz CT molecular complexity index is 568. The van der Waals surface area contributed by atoms with Crippen molar-refractivity contribution in [1.29, 1.82) is 0 Å². The van der Waals surface area contributed by atoms with E-state index < -0.39 is 0 Å². The van der Waals surface area contributed by atoms with E-state index >= 15 is 0 Å². The van der Waals surface area contributed by atoms with Gasteiger partial charge in [-0.05, 0) is 30.4 Å². The zero-order chi connectivity index (χ0) is 16.5. The summed E-state index contributed by atoms with van der Waals surface area (Å²) in [5.74, 6) is 1.06. The Kier molecular flexibility index (Phi) is 7.65. The maximum Gasteiger partial charge on any atom is 0.106 e. The van der Waals surface area contributed by atoms with Crippen LogP contribution < -0.4 is 0 Å². The number of aromatic amines is 1. The molecule has 0 aliphatic heterocycles. The first-order chi connectivity index (χ1) is 11.2. The van der Waals surface area contributed by atoms with Crippen LogP contribution in [0.5, 0.6) is 0 Å². The van der Waals surface area contributed by atoms with Crippen LogP contribution >= 0.6 is 11.8 Å². The van der Waals surface area contributed by atoms with Gasteiger partial charge in [0.2, 0.25) is 0 Å². The van der Waals surface area contributed by atoms with Crippen LogP contribution in [0.4, 0.5) is 0 Å². The zero-order valence-corrected chi connectivity index (χ0v) is 14.9. The molecule has 0 spiro atoms. The summed E-state index contributed by atoms with van der Waals surface area (Å²) in [4.78, 5) is 11.4. The standard InChI is InChI=1S/C18H27N3OS/c1-3-4-5-18-19-12-16(20-18)14-21(10-11-22)13-15-6-8-17(23-2)9-7-15/h6-9,12,22H,3-5,10-11,13-14H2,1-2H3,(H,19,20). The first kappa shape index (κ1) is 18.0. The maximum atomic E-state index is 9.33. The number of aryl methyl sites for hydroxylation is 1. The number of unbranched alkanes of at least 4 members (excludes halogenated alkanes) is 1. The number of H-pyrrole nitrogens is 1. The van der Waals surface area contributed by atoms with Crippen LogP contribution in [0.1, 0.15) is 36.8 Å². The van der Waals surface area contributed by atoms with Gasteiger partial charge in [0.15, 0.2) is 0 Å². The number of aliphatic hydroxyl groups excluding tert-OH is 1. The molecule has 1 aromatic carbocycles. The highest BCUT2D eigenvalue weighted by Gasteiger charge is 2.09. The van der Waals surface area contributed by atoms with Crippen molar-refractivity contribution in [3.63, 3.8) is 0 Å². The third kappa shape index (κ3) is 6.01. The Morgan fingerprint density at radius 2 is 2.00 bits per heavy atom. The number of aromatic nitrogens is 2. The van der Waals surface area contributed by atoms with Crippen molar-refractivity contribution in [2.75, 3.05) is 19.4 Å². The first-order valence-electron chi connectivity index (χ1n) is 8.24. The number of aliphatic hydroxyl groups is 1. The maximum absolute atomic E-state index is 9.33. The molecule has 4 nitrogen and oxygen atoms in total. The van der Waals surface area contributed by atoms with Gasteiger partial charge in [-0.1, -0.05) is 25.5 Å². The largest absolute Gasteiger partial charge is 0.395 e. The fourth-order valence-corrected chi connectivity index (χ4v) is 2.95. The molecule has 0 fully saturated rings. The molecule has 2 N–H and O–H groups in total. The molecule has 0 amide bonds. The Morgan fingerprint density at radius 1 is 1.22 bits per heavy atom. The fourth-order valence-electron chi connectivity index (χ4n) is 2.54. The third-order valence-corrected chi connectivity index (χ3v) is 4.57. The van der Waals surface area contributed by atoms with Crippen LogP contribution in [-0.2, 0) is 19.5 Å². The molecule has 0 unspecified atom stereocenters. The molecule has 0 saturated carbocycles. The summed E-state index contributed by atoms with van der Waals surface area (Å²) in [7, 11) is 0. The number of rotatable bonds is 10. The van der Waals surface area contributed by atoms with Crippen molar-refractivity contribution in [2.24, 2.45) is 0 Å². The monoisotopic (exact) mass is 333 g/mol. The summed E-state index contributed by atoms with van der Waals surface area (Å²) in [6, 6.07) is 8.62. The van der Waals surface area contributed by atoms with E-state index in [9.17, 15) is 5.11 Å². The molecule has 2 rings (SSSR count). The van der Waals surface area contributed by atoms with Crippen LogP contribution in [-0.4, -0.2) is 39.4 Å². The number of imidazole rings is 1. The second kappa shape index (κ2) is 9.75. The normalized spacial score (nSPS) is 11.3. The number of hydrogen-bond donors (Lipinski definition) is 2. The number of thioether (sulfide) groups is 1. The second-order valence-corrected chi connectivity index (χ2v) is 6.62. The molecule has 126 valence electrons. The average molecular weight is 334 g/mol. The van der Waals surface area contributed by atoms with Crippen LogP contribution in [0.15, 0.2) is 35.4 Å². The summed E-state index contributed by atoms with van der Waals surface area (Å²) in [6.07, 6.45) is 7.36. The second-order valence-electron chi connectivity index (χ2n) is 5.74.